The highest BCUT2D eigenvalue weighted by atomic mass is 35.5. The lowest BCUT2D eigenvalue weighted by atomic mass is 9.87. The van der Waals surface area contributed by atoms with Crippen molar-refractivity contribution in [1.82, 2.24) is 9.62 Å². The molecule has 2 aliphatic rings. The van der Waals surface area contributed by atoms with E-state index in [9.17, 15) is 13.2 Å². The van der Waals surface area contributed by atoms with Gasteiger partial charge in [-0.25, -0.2) is 8.42 Å². The number of hydrogen-bond acceptors (Lipinski definition) is 4. The van der Waals surface area contributed by atoms with E-state index >= 15 is 0 Å². The number of halogens is 2. The molecule has 0 saturated carbocycles. The van der Waals surface area contributed by atoms with Crippen LogP contribution in [0.3, 0.4) is 0 Å². The minimum atomic E-state index is -3.86. The van der Waals surface area contributed by atoms with Crippen molar-refractivity contribution >= 4 is 39.1 Å². The van der Waals surface area contributed by atoms with Crippen molar-refractivity contribution in [3.05, 3.63) is 63.1 Å². The second-order valence-electron chi connectivity index (χ2n) is 7.40. The van der Waals surface area contributed by atoms with Crippen molar-refractivity contribution in [2.75, 3.05) is 26.3 Å². The molecular weight excluding hydrogens is 447 g/mol. The zero-order valence-corrected chi connectivity index (χ0v) is 18.6. The molecule has 0 bridgehead atoms. The zero-order chi connectivity index (χ0) is 21.3. The molecule has 1 N–H and O–H groups in total. The summed E-state index contributed by atoms with van der Waals surface area (Å²) in [6.07, 6.45) is 2.76. The van der Waals surface area contributed by atoms with Gasteiger partial charge in [-0.05, 0) is 42.5 Å². The Bertz CT molecular complexity index is 1070. The summed E-state index contributed by atoms with van der Waals surface area (Å²) in [5, 5.41) is 3.12. The third kappa shape index (κ3) is 4.22. The molecule has 0 spiro atoms. The van der Waals surface area contributed by atoms with Crippen LogP contribution in [0.25, 0.3) is 0 Å². The number of carbonyl (C=O) groups excluding carboxylic acids is 1. The molecule has 2 aromatic carbocycles. The summed E-state index contributed by atoms with van der Waals surface area (Å²) in [4.78, 5) is 12.9. The average molecular weight is 469 g/mol. The van der Waals surface area contributed by atoms with E-state index in [1.807, 2.05) is 18.2 Å². The fourth-order valence-corrected chi connectivity index (χ4v) is 6.21. The lowest BCUT2D eigenvalue weighted by Crippen LogP contribution is -2.40. The van der Waals surface area contributed by atoms with Crippen LogP contribution in [0, 0.1) is 0 Å². The summed E-state index contributed by atoms with van der Waals surface area (Å²) in [5.41, 5.74) is 2.39. The van der Waals surface area contributed by atoms with Gasteiger partial charge in [-0.2, -0.15) is 4.31 Å². The molecule has 2 aromatic rings. The first-order chi connectivity index (χ1) is 14.4. The van der Waals surface area contributed by atoms with Gasteiger partial charge in [-0.3, -0.25) is 4.79 Å². The third-order valence-electron chi connectivity index (χ3n) is 5.53. The van der Waals surface area contributed by atoms with E-state index in [-0.39, 0.29) is 39.6 Å². The van der Waals surface area contributed by atoms with Crippen molar-refractivity contribution in [2.24, 2.45) is 0 Å². The quantitative estimate of drug-likeness (QED) is 0.739. The topological polar surface area (TPSA) is 75.7 Å². The molecule has 1 aliphatic carbocycles. The molecule has 4 rings (SSSR count). The van der Waals surface area contributed by atoms with Gasteiger partial charge in [0.25, 0.3) is 5.91 Å². The number of rotatable bonds is 4. The van der Waals surface area contributed by atoms with E-state index in [0.29, 0.717) is 13.2 Å². The number of aryl methyl sites for hydroxylation is 1. The van der Waals surface area contributed by atoms with Crippen molar-refractivity contribution in [3.8, 4) is 0 Å². The van der Waals surface area contributed by atoms with Gasteiger partial charge in [0.2, 0.25) is 10.0 Å². The van der Waals surface area contributed by atoms with Crippen molar-refractivity contribution in [2.45, 2.75) is 30.2 Å². The maximum Gasteiger partial charge on any atom is 0.253 e. The molecule has 160 valence electrons. The van der Waals surface area contributed by atoms with Gasteiger partial charge in [0.15, 0.2) is 0 Å². The number of amides is 1. The van der Waals surface area contributed by atoms with Crippen LogP contribution in [-0.4, -0.2) is 44.9 Å². The number of ether oxygens (including phenoxy) is 1. The highest BCUT2D eigenvalue weighted by Crippen LogP contribution is 2.33. The second-order valence-corrected chi connectivity index (χ2v) is 10.1. The van der Waals surface area contributed by atoms with Crippen molar-refractivity contribution < 1.29 is 17.9 Å². The van der Waals surface area contributed by atoms with Crippen LogP contribution in [0.2, 0.25) is 10.0 Å². The minimum Gasteiger partial charge on any atom is -0.379 e. The molecule has 1 aliphatic heterocycles. The summed E-state index contributed by atoms with van der Waals surface area (Å²) >= 11 is 12.5. The summed E-state index contributed by atoms with van der Waals surface area (Å²) in [6.45, 7) is 1.11. The van der Waals surface area contributed by atoms with E-state index in [1.54, 1.807) is 0 Å². The van der Waals surface area contributed by atoms with Gasteiger partial charge in [0.05, 0.1) is 34.9 Å². The van der Waals surface area contributed by atoms with Gasteiger partial charge in [-0.1, -0.05) is 47.5 Å². The predicted octanol–water partition coefficient (Wildman–Crippen LogP) is 3.82. The Morgan fingerprint density at radius 3 is 2.60 bits per heavy atom. The Morgan fingerprint density at radius 2 is 1.83 bits per heavy atom. The highest BCUT2D eigenvalue weighted by Gasteiger charge is 2.31. The van der Waals surface area contributed by atoms with Crippen LogP contribution in [0.4, 0.5) is 0 Å². The predicted molar refractivity (Wildman–Crippen MR) is 116 cm³/mol. The molecule has 9 heteroatoms. The number of carbonyl (C=O) groups is 1. The number of fused-ring (bicyclic) bond motifs is 1. The fraction of sp³-hybridized carbons (Fsp3) is 0.381. The van der Waals surface area contributed by atoms with E-state index in [1.165, 1.54) is 22.0 Å². The Kier molecular flexibility index (Phi) is 6.36. The molecule has 0 aromatic heterocycles. The zero-order valence-electron chi connectivity index (χ0n) is 16.2. The van der Waals surface area contributed by atoms with E-state index in [4.69, 9.17) is 27.9 Å². The minimum absolute atomic E-state index is 0.00828. The molecule has 1 heterocycles. The lowest BCUT2D eigenvalue weighted by molar-refractivity contribution is 0.0730. The average Bonchev–Trinajstić information content (AvgIpc) is 2.74. The Morgan fingerprint density at radius 1 is 1.10 bits per heavy atom. The second kappa shape index (κ2) is 8.85. The van der Waals surface area contributed by atoms with Crippen LogP contribution < -0.4 is 5.32 Å². The molecule has 0 radical (unpaired) electrons. The first-order valence-corrected chi connectivity index (χ1v) is 12.0. The van der Waals surface area contributed by atoms with Gasteiger partial charge in [0, 0.05) is 13.1 Å². The molecule has 6 nitrogen and oxygen atoms in total. The van der Waals surface area contributed by atoms with E-state index < -0.39 is 15.9 Å². The monoisotopic (exact) mass is 468 g/mol. The Hall–Kier alpha value is -1.64. The van der Waals surface area contributed by atoms with Crippen LogP contribution in [-0.2, 0) is 21.2 Å². The third-order valence-corrected chi connectivity index (χ3v) is 8.20. The molecule has 30 heavy (non-hydrogen) atoms. The lowest BCUT2D eigenvalue weighted by Gasteiger charge is -2.27. The van der Waals surface area contributed by atoms with Gasteiger partial charge < -0.3 is 10.1 Å². The van der Waals surface area contributed by atoms with Gasteiger partial charge >= 0.3 is 0 Å². The van der Waals surface area contributed by atoms with E-state index in [2.05, 4.69) is 11.4 Å². The van der Waals surface area contributed by atoms with Crippen molar-refractivity contribution in [3.63, 3.8) is 0 Å². The summed E-state index contributed by atoms with van der Waals surface area (Å²) in [7, 11) is -3.86. The number of benzene rings is 2. The van der Waals surface area contributed by atoms with Crippen LogP contribution >= 0.6 is 23.2 Å². The number of sulfonamides is 1. The smallest absolute Gasteiger partial charge is 0.253 e. The number of nitrogens with one attached hydrogen (secondary N) is 1. The molecule has 1 saturated heterocycles. The number of hydrogen-bond donors (Lipinski definition) is 1. The van der Waals surface area contributed by atoms with Crippen LogP contribution in [0.5, 0.6) is 0 Å². The number of nitrogens with zero attached hydrogens (tertiary/aromatic N) is 1. The normalized spacial score (nSPS) is 19.9. The van der Waals surface area contributed by atoms with Gasteiger partial charge in [0.1, 0.15) is 4.90 Å². The van der Waals surface area contributed by atoms with Crippen LogP contribution in [0.15, 0.2) is 41.3 Å². The molecule has 1 amide bonds. The standard InChI is InChI=1S/C21H22Cl2N2O4S/c22-17-13-18(23)20(30(27,28)25-8-10-29-11-9-25)12-16(17)21(26)24-19-7-3-5-14-4-1-2-6-15(14)19/h1-2,4,6,12-13,19H,3,5,7-11H2,(H,24,26). The Balaban J connectivity index is 1.63. The highest BCUT2D eigenvalue weighted by molar-refractivity contribution is 7.89. The molecule has 1 fully saturated rings. The summed E-state index contributed by atoms with van der Waals surface area (Å²) in [5.74, 6) is -0.420. The first kappa shape index (κ1) is 21.6. The maximum atomic E-state index is 13.1. The van der Waals surface area contributed by atoms with Crippen LogP contribution in [0.1, 0.15) is 40.4 Å². The fourth-order valence-electron chi connectivity index (χ4n) is 3.97. The van der Waals surface area contributed by atoms with Crippen molar-refractivity contribution in [1.29, 1.82) is 0 Å². The van der Waals surface area contributed by atoms with Gasteiger partial charge in [-0.15, -0.1) is 0 Å². The molecule has 1 atom stereocenters. The first-order valence-electron chi connectivity index (χ1n) is 9.83. The SMILES string of the molecule is O=C(NC1CCCc2ccccc21)c1cc(S(=O)(=O)N2CCOCC2)c(Cl)cc1Cl. The Labute approximate surface area is 186 Å². The summed E-state index contributed by atoms with van der Waals surface area (Å²) in [6, 6.07) is 10.5. The summed E-state index contributed by atoms with van der Waals surface area (Å²) < 4.78 is 32.7. The maximum absolute atomic E-state index is 13.1. The molecular formula is C21H22Cl2N2O4S. The number of morpholine rings is 1. The largest absolute Gasteiger partial charge is 0.379 e. The van der Waals surface area contributed by atoms with E-state index in [0.717, 1.165) is 24.8 Å². The molecule has 1 unspecified atom stereocenters.